The van der Waals surface area contributed by atoms with Gasteiger partial charge in [0, 0.05) is 32.2 Å². The van der Waals surface area contributed by atoms with Crippen LogP contribution in [0.25, 0.3) is 0 Å². The minimum Gasteiger partial charge on any atom is -0.490 e. The minimum atomic E-state index is 0.0880. The van der Waals surface area contributed by atoms with E-state index in [1.807, 2.05) is 42.3 Å². The number of amides is 1. The van der Waals surface area contributed by atoms with Gasteiger partial charge in [0.2, 0.25) is 5.91 Å². The van der Waals surface area contributed by atoms with Gasteiger partial charge in [-0.2, -0.15) is 0 Å². The molecule has 5 nitrogen and oxygen atoms in total. The molecular formula is C24H31N3O2. The van der Waals surface area contributed by atoms with Gasteiger partial charge in [0.15, 0.2) is 0 Å². The third-order valence-electron chi connectivity index (χ3n) is 5.04. The van der Waals surface area contributed by atoms with E-state index < -0.39 is 0 Å². The second kappa shape index (κ2) is 10.8. The summed E-state index contributed by atoms with van der Waals surface area (Å²) in [5.41, 5.74) is 2.47. The average Bonchev–Trinajstić information content (AvgIpc) is 3.14. The molecule has 154 valence electrons. The maximum atomic E-state index is 12.4. The molecule has 0 unspecified atom stereocenters. The average molecular weight is 394 g/mol. The second-order valence-electron chi connectivity index (χ2n) is 7.69. The summed E-state index contributed by atoms with van der Waals surface area (Å²) >= 11 is 0. The van der Waals surface area contributed by atoms with Crippen LogP contribution < -0.4 is 10.1 Å². The highest BCUT2D eigenvalue weighted by molar-refractivity contribution is 5.78. The first-order valence-corrected chi connectivity index (χ1v) is 10.2. The van der Waals surface area contributed by atoms with Crippen LogP contribution in [0.4, 0.5) is 0 Å². The van der Waals surface area contributed by atoms with Crippen LogP contribution in [-0.4, -0.2) is 55.0 Å². The Morgan fingerprint density at radius 2 is 1.97 bits per heavy atom. The van der Waals surface area contributed by atoms with Crippen molar-refractivity contribution in [3.05, 3.63) is 78.4 Å². The molecule has 1 aliphatic rings. The number of benzene rings is 2. The molecule has 0 aliphatic carbocycles. The quantitative estimate of drug-likeness (QED) is 0.630. The van der Waals surface area contributed by atoms with E-state index in [0.717, 1.165) is 43.9 Å². The van der Waals surface area contributed by atoms with Gasteiger partial charge in [-0.15, -0.1) is 0 Å². The van der Waals surface area contributed by atoms with Crippen LogP contribution in [0.3, 0.4) is 0 Å². The van der Waals surface area contributed by atoms with Gasteiger partial charge in [-0.25, -0.2) is 0 Å². The van der Waals surface area contributed by atoms with Gasteiger partial charge >= 0.3 is 0 Å². The Balaban J connectivity index is 1.38. The number of ether oxygens (including phenoxy) is 1. The molecule has 0 radical (unpaired) electrons. The van der Waals surface area contributed by atoms with Crippen molar-refractivity contribution in [2.45, 2.75) is 25.6 Å². The standard InChI is InChI=1S/C24H31N3O2/c1-3-15-29-23-11-9-21(10-12-23)16-26(2)19-24(28)25-22-13-14-27(18-22)17-20-7-5-4-6-8-20/h3-12,22H,1,13-19H2,2H3,(H,25,28)/t22-/m0/s1. The largest absolute Gasteiger partial charge is 0.490 e. The lowest BCUT2D eigenvalue weighted by molar-refractivity contribution is -0.122. The van der Waals surface area contributed by atoms with Gasteiger partial charge in [-0.3, -0.25) is 14.6 Å². The fraction of sp³-hybridized carbons (Fsp3) is 0.375. The van der Waals surface area contributed by atoms with Crippen molar-refractivity contribution in [1.82, 2.24) is 15.1 Å². The molecule has 1 heterocycles. The lowest BCUT2D eigenvalue weighted by Crippen LogP contribution is -2.42. The van der Waals surface area contributed by atoms with Crippen molar-refractivity contribution in [3.8, 4) is 5.75 Å². The molecule has 2 aromatic carbocycles. The van der Waals surface area contributed by atoms with Gasteiger partial charge in [0.1, 0.15) is 12.4 Å². The third kappa shape index (κ3) is 7.04. The lowest BCUT2D eigenvalue weighted by atomic mass is 10.2. The van der Waals surface area contributed by atoms with Crippen molar-refractivity contribution in [3.63, 3.8) is 0 Å². The molecule has 1 atom stereocenters. The van der Waals surface area contributed by atoms with Crippen LogP contribution in [0.1, 0.15) is 17.5 Å². The van der Waals surface area contributed by atoms with Crippen molar-refractivity contribution in [2.75, 3.05) is 33.3 Å². The molecule has 1 fully saturated rings. The number of hydrogen-bond acceptors (Lipinski definition) is 4. The fourth-order valence-electron chi connectivity index (χ4n) is 3.67. The molecule has 0 saturated carbocycles. The fourth-order valence-corrected chi connectivity index (χ4v) is 3.67. The number of likely N-dealkylation sites (N-methyl/N-ethyl adjacent to an activating group) is 1. The summed E-state index contributed by atoms with van der Waals surface area (Å²) in [6.07, 6.45) is 2.74. The number of carbonyl (C=O) groups is 1. The summed E-state index contributed by atoms with van der Waals surface area (Å²) in [7, 11) is 1.97. The van der Waals surface area contributed by atoms with E-state index in [4.69, 9.17) is 4.74 Å². The molecule has 29 heavy (non-hydrogen) atoms. The van der Waals surface area contributed by atoms with Crippen LogP contribution >= 0.6 is 0 Å². The molecular weight excluding hydrogens is 362 g/mol. The zero-order chi connectivity index (χ0) is 20.5. The van der Waals surface area contributed by atoms with Crippen LogP contribution in [-0.2, 0) is 17.9 Å². The van der Waals surface area contributed by atoms with Crippen molar-refractivity contribution in [2.24, 2.45) is 0 Å². The van der Waals surface area contributed by atoms with Gasteiger partial charge < -0.3 is 10.1 Å². The Labute approximate surface area is 174 Å². The van der Waals surface area contributed by atoms with Crippen LogP contribution in [0.2, 0.25) is 0 Å². The number of nitrogens with one attached hydrogen (secondary N) is 1. The van der Waals surface area contributed by atoms with Crippen molar-refractivity contribution >= 4 is 5.91 Å². The molecule has 3 rings (SSSR count). The van der Waals surface area contributed by atoms with Crippen LogP contribution in [0.15, 0.2) is 67.3 Å². The Morgan fingerprint density at radius 1 is 1.21 bits per heavy atom. The molecule has 0 bridgehead atoms. The van der Waals surface area contributed by atoms with Crippen LogP contribution in [0, 0.1) is 0 Å². The first-order chi connectivity index (χ1) is 14.1. The Hall–Kier alpha value is -2.63. The number of rotatable bonds is 10. The summed E-state index contributed by atoms with van der Waals surface area (Å²) < 4.78 is 5.50. The number of carbonyl (C=O) groups excluding carboxylic acids is 1. The first-order valence-electron chi connectivity index (χ1n) is 10.2. The van der Waals surface area contributed by atoms with E-state index in [2.05, 4.69) is 41.1 Å². The van der Waals surface area contributed by atoms with E-state index >= 15 is 0 Å². The van der Waals surface area contributed by atoms with Crippen LogP contribution in [0.5, 0.6) is 5.75 Å². The highest BCUT2D eigenvalue weighted by atomic mass is 16.5. The molecule has 1 N–H and O–H groups in total. The Kier molecular flexibility index (Phi) is 7.85. The summed E-state index contributed by atoms with van der Waals surface area (Å²) in [5.74, 6) is 0.917. The monoisotopic (exact) mass is 393 g/mol. The molecule has 0 aromatic heterocycles. The predicted molar refractivity (Wildman–Crippen MR) is 117 cm³/mol. The SMILES string of the molecule is C=CCOc1ccc(CN(C)CC(=O)N[C@H]2CCN(Cc3ccccc3)C2)cc1. The van der Waals surface area contributed by atoms with Gasteiger partial charge in [0.05, 0.1) is 6.54 Å². The molecule has 2 aromatic rings. The number of hydrogen-bond donors (Lipinski definition) is 1. The van der Waals surface area contributed by atoms with E-state index in [1.54, 1.807) is 6.08 Å². The normalized spacial score (nSPS) is 16.7. The summed E-state index contributed by atoms with van der Waals surface area (Å²) in [6, 6.07) is 18.7. The Bertz CT molecular complexity index is 776. The van der Waals surface area contributed by atoms with Crippen molar-refractivity contribution in [1.29, 1.82) is 0 Å². The molecule has 5 heteroatoms. The van der Waals surface area contributed by atoms with E-state index in [9.17, 15) is 4.79 Å². The van der Waals surface area contributed by atoms with E-state index in [0.29, 0.717) is 13.2 Å². The second-order valence-corrected chi connectivity index (χ2v) is 7.69. The molecule has 1 amide bonds. The summed E-state index contributed by atoms with van der Waals surface area (Å²) in [4.78, 5) is 16.9. The lowest BCUT2D eigenvalue weighted by Gasteiger charge is -2.20. The predicted octanol–water partition coefficient (Wildman–Crippen LogP) is 3.07. The highest BCUT2D eigenvalue weighted by Crippen LogP contribution is 2.15. The zero-order valence-electron chi connectivity index (χ0n) is 17.2. The van der Waals surface area contributed by atoms with Gasteiger partial charge in [-0.1, -0.05) is 55.1 Å². The summed E-state index contributed by atoms with van der Waals surface area (Å²) in [5, 5.41) is 3.19. The topological polar surface area (TPSA) is 44.8 Å². The number of likely N-dealkylation sites (tertiary alicyclic amines) is 1. The maximum Gasteiger partial charge on any atom is 0.234 e. The zero-order valence-corrected chi connectivity index (χ0v) is 17.2. The van der Waals surface area contributed by atoms with E-state index in [1.165, 1.54) is 5.56 Å². The van der Waals surface area contributed by atoms with Gasteiger partial charge in [-0.05, 0) is 36.7 Å². The number of nitrogens with zero attached hydrogens (tertiary/aromatic N) is 2. The Morgan fingerprint density at radius 3 is 2.69 bits per heavy atom. The minimum absolute atomic E-state index is 0.0880. The smallest absolute Gasteiger partial charge is 0.234 e. The summed E-state index contributed by atoms with van der Waals surface area (Å²) in [6.45, 7) is 8.15. The highest BCUT2D eigenvalue weighted by Gasteiger charge is 2.24. The molecule has 1 aliphatic heterocycles. The van der Waals surface area contributed by atoms with Crippen molar-refractivity contribution < 1.29 is 9.53 Å². The van der Waals surface area contributed by atoms with Gasteiger partial charge in [0.25, 0.3) is 0 Å². The first kappa shape index (κ1) is 21.1. The maximum absolute atomic E-state index is 12.4. The van der Waals surface area contributed by atoms with E-state index in [-0.39, 0.29) is 11.9 Å². The molecule has 1 saturated heterocycles. The molecule has 0 spiro atoms. The third-order valence-corrected chi connectivity index (χ3v) is 5.04.